The second-order valence-electron chi connectivity index (χ2n) is 9.01. The lowest BCUT2D eigenvalue weighted by Crippen LogP contribution is -2.58. The molecule has 0 heterocycles. The van der Waals surface area contributed by atoms with Crippen LogP contribution in [0.4, 0.5) is 4.79 Å². The van der Waals surface area contributed by atoms with Crippen LogP contribution in [0.5, 0.6) is 0 Å². The fourth-order valence-corrected chi connectivity index (χ4v) is 3.36. The quantitative estimate of drug-likeness (QED) is 0.359. The molecule has 0 aliphatic carbocycles. The molecule has 2 amide bonds. The van der Waals surface area contributed by atoms with Crippen LogP contribution in [0.15, 0.2) is 60.7 Å². The van der Waals surface area contributed by atoms with E-state index < -0.39 is 35.6 Å². The highest BCUT2D eigenvalue weighted by Gasteiger charge is 2.34. The maximum Gasteiger partial charge on any atom is 0.405 e. The number of aliphatic hydroxyl groups is 1. The Morgan fingerprint density at radius 1 is 1.00 bits per heavy atom. The van der Waals surface area contributed by atoms with E-state index in [4.69, 9.17) is 10.8 Å². The topological polar surface area (TPSA) is 128 Å². The van der Waals surface area contributed by atoms with Crippen molar-refractivity contribution in [3.8, 4) is 0 Å². The molecule has 0 unspecified atom stereocenters. The van der Waals surface area contributed by atoms with E-state index in [1.807, 2.05) is 60.7 Å². The van der Waals surface area contributed by atoms with Crippen LogP contribution in [0.1, 0.15) is 31.9 Å². The lowest BCUT2D eigenvalue weighted by Gasteiger charge is -2.33. The van der Waals surface area contributed by atoms with Gasteiger partial charge in [-0.15, -0.1) is 0 Å². The smallest absolute Gasteiger partial charge is 0.405 e. The molecule has 0 spiro atoms. The average Bonchev–Trinajstić information content (AvgIpc) is 2.72. The molecule has 0 radical (unpaired) electrons. The molecule has 2 aromatic rings. The van der Waals surface area contributed by atoms with Gasteiger partial charge in [0.1, 0.15) is 6.04 Å². The molecule has 0 aromatic heterocycles. The van der Waals surface area contributed by atoms with E-state index >= 15 is 0 Å². The number of carbonyl (C=O) groups is 2. The number of amides is 2. The van der Waals surface area contributed by atoms with E-state index in [-0.39, 0.29) is 6.54 Å². The molecule has 0 aliphatic rings. The number of nitrogens with zero attached hydrogens (tertiary/aromatic N) is 1. The molecule has 174 valence electrons. The number of benzene rings is 2. The van der Waals surface area contributed by atoms with Crippen molar-refractivity contribution in [3.63, 3.8) is 0 Å². The van der Waals surface area contributed by atoms with Crippen molar-refractivity contribution in [1.82, 2.24) is 15.8 Å². The number of rotatable bonds is 10. The van der Waals surface area contributed by atoms with Gasteiger partial charge in [0.15, 0.2) is 0 Å². The maximum absolute atomic E-state index is 13.0. The average molecular weight is 443 g/mol. The van der Waals surface area contributed by atoms with Crippen LogP contribution in [0, 0.1) is 5.41 Å². The van der Waals surface area contributed by atoms with Crippen LogP contribution in [-0.4, -0.2) is 52.0 Å². The number of aliphatic hydroxyl groups excluding tert-OH is 1. The highest BCUT2D eigenvalue weighted by Crippen LogP contribution is 2.20. The van der Waals surface area contributed by atoms with E-state index in [2.05, 4.69) is 10.7 Å². The number of hydrogen-bond donors (Lipinski definition) is 5. The molecule has 8 nitrogen and oxygen atoms in total. The number of hydrogen-bond acceptors (Lipinski definition) is 5. The van der Waals surface area contributed by atoms with Gasteiger partial charge in [-0.2, -0.15) is 0 Å². The Kier molecular flexibility index (Phi) is 9.19. The molecule has 0 bridgehead atoms. The molecule has 0 aliphatic heterocycles. The summed E-state index contributed by atoms with van der Waals surface area (Å²) >= 11 is 0. The van der Waals surface area contributed by atoms with Gasteiger partial charge >= 0.3 is 6.09 Å². The summed E-state index contributed by atoms with van der Waals surface area (Å²) in [5, 5.41) is 23.8. The highest BCUT2D eigenvalue weighted by atomic mass is 16.4. The monoisotopic (exact) mass is 442 g/mol. The Morgan fingerprint density at radius 2 is 1.53 bits per heavy atom. The molecule has 3 atom stereocenters. The lowest BCUT2D eigenvalue weighted by molar-refractivity contribution is -0.131. The molecule has 6 N–H and O–H groups in total. The highest BCUT2D eigenvalue weighted by molar-refractivity contribution is 5.85. The van der Waals surface area contributed by atoms with Gasteiger partial charge in [0, 0.05) is 19.1 Å². The predicted molar refractivity (Wildman–Crippen MR) is 124 cm³/mol. The molecule has 0 fully saturated rings. The van der Waals surface area contributed by atoms with Crippen molar-refractivity contribution < 1.29 is 19.8 Å². The first-order chi connectivity index (χ1) is 15.1. The van der Waals surface area contributed by atoms with E-state index in [1.165, 1.54) is 0 Å². The standard InChI is InChI=1S/C24H34N4O4/c1-24(2,3)21(26-23(31)32)22(30)27-28(15-18-12-8-5-9-13-18)16-20(29)19(25)14-17-10-6-4-7-11-17/h4-13,19-21,26,29H,14-16,25H2,1-3H3,(H,27,30)(H,31,32)/t19-,20-,21+/m0/s1. The third-order valence-corrected chi connectivity index (χ3v) is 5.10. The van der Waals surface area contributed by atoms with Gasteiger partial charge < -0.3 is 21.3 Å². The summed E-state index contributed by atoms with van der Waals surface area (Å²) in [6.45, 7) is 5.74. The van der Waals surface area contributed by atoms with E-state index in [1.54, 1.807) is 25.8 Å². The molecule has 32 heavy (non-hydrogen) atoms. The van der Waals surface area contributed by atoms with Gasteiger partial charge in [-0.3, -0.25) is 10.2 Å². The fourth-order valence-electron chi connectivity index (χ4n) is 3.36. The number of nitrogens with one attached hydrogen (secondary N) is 2. The Balaban J connectivity index is 2.14. The molecule has 2 rings (SSSR count). The first kappa shape index (κ1) is 25.3. The largest absolute Gasteiger partial charge is 0.465 e. The third kappa shape index (κ3) is 8.30. The van der Waals surface area contributed by atoms with Gasteiger partial charge in [-0.25, -0.2) is 9.80 Å². The minimum absolute atomic E-state index is 0.0819. The summed E-state index contributed by atoms with van der Waals surface area (Å²) in [6.07, 6.45) is -1.71. The van der Waals surface area contributed by atoms with E-state index in [9.17, 15) is 14.7 Å². The van der Waals surface area contributed by atoms with Crippen molar-refractivity contribution in [3.05, 3.63) is 71.8 Å². The molecular weight excluding hydrogens is 408 g/mol. The van der Waals surface area contributed by atoms with Crippen molar-refractivity contribution in [1.29, 1.82) is 0 Å². The Labute approximate surface area is 189 Å². The zero-order chi connectivity index (χ0) is 23.7. The first-order valence-corrected chi connectivity index (χ1v) is 10.6. The van der Waals surface area contributed by atoms with Crippen LogP contribution in [0.3, 0.4) is 0 Å². The summed E-state index contributed by atoms with van der Waals surface area (Å²) in [4.78, 5) is 24.2. The first-order valence-electron chi connectivity index (χ1n) is 10.6. The van der Waals surface area contributed by atoms with Crippen molar-refractivity contribution >= 4 is 12.0 Å². The summed E-state index contributed by atoms with van der Waals surface area (Å²) in [6, 6.07) is 17.6. The number of carboxylic acid groups (broad SMARTS) is 1. The van der Waals surface area contributed by atoms with Gasteiger partial charge in [0.2, 0.25) is 0 Å². The molecular formula is C24H34N4O4. The van der Waals surface area contributed by atoms with Crippen LogP contribution in [-0.2, 0) is 17.8 Å². The Hall–Kier alpha value is -2.94. The predicted octanol–water partition coefficient (Wildman–Crippen LogP) is 2.13. The van der Waals surface area contributed by atoms with Gasteiger partial charge in [-0.05, 0) is 23.0 Å². The normalized spacial score (nSPS) is 14.4. The minimum atomic E-state index is -1.28. The number of carbonyl (C=O) groups excluding carboxylic acids is 1. The lowest BCUT2D eigenvalue weighted by atomic mass is 9.86. The van der Waals surface area contributed by atoms with Crippen LogP contribution in [0.25, 0.3) is 0 Å². The van der Waals surface area contributed by atoms with Gasteiger partial charge in [0.25, 0.3) is 5.91 Å². The molecule has 0 saturated carbocycles. The summed E-state index contributed by atoms with van der Waals surface area (Å²) in [5.74, 6) is -0.500. The Bertz CT molecular complexity index is 855. The van der Waals surface area contributed by atoms with Crippen molar-refractivity contribution in [2.45, 2.75) is 51.9 Å². The third-order valence-electron chi connectivity index (χ3n) is 5.10. The van der Waals surface area contributed by atoms with Gasteiger partial charge in [-0.1, -0.05) is 81.4 Å². The SMILES string of the molecule is CC(C)(C)[C@H](NC(=O)O)C(=O)NN(Cc1ccccc1)C[C@H](O)[C@@H](N)Cc1ccccc1. The second kappa shape index (κ2) is 11.6. The van der Waals surface area contributed by atoms with Crippen LogP contribution in [0.2, 0.25) is 0 Å². The molecule has 0 saturated heterocycles. The molecule has 2 aromatic carbocycles. The van der Waals surface area contributed by atoms with Gasteiger partial charge in [0.05, 0.1) is 6.10 Å². The van der Waals surface area contributed by atoms with Crippen LogP contribution < -0.4 is 16.5 Å². The van der Waals surface area contributed by atoms with Crippen molar-refractivity contribution in [2.24, 2.45) is 11.1 Å². The Morgan fingerprint density at radius 3 is 2.03 bits per heavy atom. The number of hydrazine groups is 1. The fraction of sp³-hybridized carbons (Fsp3) is 0.417. The van der Waals surface area contributed by atoms with E-state index in [0.29, 0.717) is 13.0 Å². The maximum atomic E-state index is 13.0. The number of nitrogens with two attached hydrogens (primary N) is 1. The van der Waals surface area contributed by atoms with E-state index in [0.717, 1.165) is 11.1 Å². The summed E-state index contributed by atoms with van der Waals surface area (Å²) < 4.78 is 0. The minimum Gasteiger partial charge on any atom is -0.465 e. The zero-order valence-electron chi connectivity index (χ0n) is 18.9. The van der Waals surface area contributed by atoms with Crippen LogP contribution >= 0.6 is 0 Å². The summed E-state index contributed by atoms with van der Waals surface area (Å²) in [7, 11) is 0. The molecule has 8 heteroatoms. The second-order valence-corrected chi connectivity index (χ2v) is 9.01. The van der Waals surface area contributed by atoms with Crippen molar-refractivity contribution in [2.75, 3.05) is 6.54 Å². The summed E-state index contributed by atoms with van der Waals surface area (Å²) in [5.41, 5.74) is 10.3. The zero-order valence-corrected chi connectivity index (χ0v) is 18.9.